The lowest BCUT2D eigenvalue weighted by molar-refractivity contribution is 0.454. The second-order valence-electron chi connectivity index (χ2n) is 9.27. The Labute approximate surface area is 216 Å². The molecule has 0 aliphatic carbocycles. The first-order chi connectivity index (χ1) is 18.2. The minimum atomic E-state index is 0.579. The highest BCUT2D eigenvalue weighted by Crippen LogP contribution is 2.30. The zero-order chi connectivity index (χ0) is 25.2. The lowest BCUT2D eigenvalue weighted by Crippen LogP contribution is -2.32. The van der Waals surface area contributed by atoms with Crippen molar-refractivity contribution in [3.05, 3.63) is 113 Å². The Balaban J connectivity index is 1.28. The number of hydrazine groups is 1. The van der Waals surface area contributed by atoms with Crippen LogP contribution < -0.4 is 10.7 Å². The number of pyridine rings is 1. The molecule has 7 heteroatoms. The number of aryl methyl sites for hydroxylation is 2. The predicted octanol–water partition coefficient (Wildman–Crippen LogP) is 5.13. The van der Waals surface area contributed by atoms with E-state index in [1.165, 1.54) is 22.3 Å². The van der Waals surface area contributed by atoms with Crippen LogP contribution in [0.25, 0.3) is 28.1 Å². The van der Waals surface area contributed by atoms with Gasteiger partial charge in [-0.05, 0) is 60.4 Å². The van der Waals surface area contributed by atoms with E-state index in [2.05, 4.69) is 82.2 Å². The van der Waals surface area contributed by atoms with Crippen molar-refractivity contribution in [2.45, 2.75) is 26.9 Å². The number of rotatable bonds is 7. The van der Waals surface area contributed by atoms with Crippen molar-refractivity contribution in [1.82, 2.24) is 30.7 Å². The minimum Gasteiger partial charge on any atom is -0.339 e. The summed E-state index contributed by atoms with van der Waals surface area (Å²) in [6.07, 6.45) is 6.11. The molecule has 37 heavy (non-hydrogen) atoms. The minimum absolute atomic E-state index is 0.579. The topological polar surface area (TPSA) is 81.2 Å². The molecule has 3 N–H and O–H groups in total. The van der Waals surface area contributed by atoms with Crippen LogP contribution in [-0.2, 0) is 13.1 Å². The average Bonchev–Trinajstić information content (AvgIpc) is 3.56. The highest BCUT2D eigenvalue weighted by molar-refractivity contribution is 6.00. The molecule has 7 nitrogen and oxygen atoms in total. The number of allylic oxidation sites excluding steroid dienone is 2. The Morgan fingerprint density at radius 1 is 0.892 bits per heavy atom. The van der Waals surface area contributed by atoms with Crippen LogP contribution in [-0.4, -0.2) is 32.5 Å². The van der Waals surface area contributed by atoms with E-state index < -0.39 is 0 Å². The van der Waals surface area contributed by atoms with E-state index in [1.54, 1.807) is 0 Å². The summed E-state index contributed by atoms with van der Waals surface area (Å²) in [5.41, 5.74) is 12.9. The molecule has 0 radical (unpaired) electrons. The highest BCUT2D eigenvalue weighted by atomic mass is 15.6. The van der Waals surface area contributed by atoms with E-state index in [1.807, 2.05) is 42.4 Å². The van der Waals surface area contributed by atoms with Gasteiger partial charge in [0.05, 0.1) is 23.6 Å². The van der Waals surface area contributed by atoms with E-state index >= 15 is 0 Å². The number of aliphatic imine (C=N–C) groups is 1. The van der Waals surface area contributed by atoms with Crippen molar-refractivity contribution in [2.24, 2.45) is 4.99 Å². The van der Waals surface area contributed by atoms with Crippen molar-refractivity contribution >= 4 is 11.4 Å². The summed E-state index contributed by atoms with van der Waals surface area (Å²) in [4.78, 5) is 17.8. The molecule has 2 aliphatic rings. The van der Waals surface area contributed by atoms with Crippen molar-refractivity contribution < 1.29 is 0 Å². The number of hydrogen-bond acceptors (Lipinski definition) is 6. The van der Waals surface area contributed by atoms with Gasteiger partial charge in [-0.15, -0.1) is 0 Å². The normalized spacial score (nSPS) is 14.5. The molecule has 0 bridgehead atoms. The molecule has 4 aromatic rings. The van der Waals surface area contributed by atoms with Gasteiger partial charge in [-0.2, -0.15) is 0 Å². The van der Waals surface area contributed by atoms with Crippen LogP contribution in [0.1, 0.15) is 28.3 Å². The smallest absolute Gasteiger partial charge is 0.143 e. The van der Waals surface area contributed by atoms with Gasteiger partial charge in [0.25, 0.3) is 0 Å². The van der Waals surface area contributed by atoms with Crippen molar-refractivity contribution in [3.8, 4) is 22.5 Å². The van der Waals surface area contributed by atoms with Crippen molar-refractivity contribution in [2.75, 3.05) is 6.67 Å². The van der Waals surface area contributed by atoms with E-state index in [0.29, 0.717) is 13.2 Å². The third-order valence-electron chi connectivity index (χ3n) is 6.61. The first kappa shape index (κ1) is 23.1. The molecule has 0 saturated heterocycles. The monoisotopic (exact) mass is 487 g/mol. The summed E-state index contributed by atoms with van der Waals surface area (Å²) in [5.74, 6) is 1.77. The molecule has 0 saturated carbocycles. The molecule has 0 spiro atoms. The van der Waals surface area contributed by atoms with Gasteiger partial charge < -0.3 is 10.3 Å². The molecule has 2 aliphatic heterocycles. The summed E-state index contributed by atoms with van der Waals surface area (Å²) >= 11 is 0. The number of aromatic nitrogens is 3. The molecule has 0 atom stereocenters. The Morgan fingerprint density at radius 3 is 2.62 bits per heavy atom. The Bertz CT molecular complexity index is 1530. The zero-order valence-corrected chi connectivity index (χ0v) is 21.0. The van der Waals surface area contributed by atoms with Crippen LogP contribution in [0.2, 0.25) is 0 Å². The first-order valence-corrected chi connectivity index (χ1v) is 12.5. The molecule has 0 fully saturated rings. The van der Waals surface area contributed by atoms with E-state index in [0.717, 1.165) is 46.6 Å². The molecule has 2 aromatic heterocycles. The molecule has 184 valence electrons. The Kier molecular flexibility index (Phi) is 6.22. The molecule has 6 rings (SSSR count). The fraction of sp³-hybridized carbons (Fsp3) is 0.167. The number of nitrogens with zero attached hydrogens (tertiary/aromatic N) is 4. The summed E-state index contributed by atoms with van der Waals surface area (Å²) in [6, 6.07) is 23.1. The number of imidazole rings is 1. The first-order valence-electron chi connectivity index (χ1n) is 12.5. The van der Waals surface area contributed by atoms with Gasteiger partial charge in [0.15, 0.2) is 0 Å². The number of benzene rings is 2. The van der Waals surface area contributed by atoms with Gasteiger partial charge in [-0.1, -0.05) is 54.6 Å². The highest BCUT2D eigenvalue weighted by Gasteiger charge is 2.22. The molecule has 4 heterocycles. The van der Waals surface area contributed by atoms with Crippen molar-refractivity contribution in [3.63, 3.8) is 0 Å². The van der Waals surface area contributed by atoms with Gasteiger partial charge in [-0.25, -0.2) is 15.4 Å². The van der Waals surface area contributed by atoms with Gasteiger partial charge in [0.2, 0.25) is 0 Å². The maximum absolute atomic E-state index is 5.01. The number of amidine groups is 1. The third kappa shape index (κ3) is 4.74. The van der Waals surface area contributed by atoms with Gasteiger partial charge >= 0.3 is 0 Å². The molecule has 2 aromatic carbocycles. The van der Waals surface area contributed by atoms with Gasteiger partial charge in [0, 0.05) is 24.0 Å². The number of aromatic amines is 1. The molecular weight excluding hydrogens is 458 g/mol. The molecular formula is C30H29N7. The number of fused-ring (bicyclic) bond motifs is 1. The van der Waals surface area contributed by atoms with Crippen LogP contribution in [0.5, 0.6) is 0 Å². The fourth-order valence-electron chi connectivity index (χ4n) is 4.87. The van der Waals surface area contributed by atoms with Crippen LogP contribution in [0.4, 0.5) is 0 Å². The van der Waals surface area contributed by atoms with E-state index in [-0.39, 0.29) is 0 Å². The van der Waals surface area contributed by atoms with Crippen LogP contribution in [0.15, 0.2) is 90.1 Å². The van der Waals surface area contributed by atoms with Crippen molar-refractivity contribution in [1.29, 1.82) is 0 Å². The Hall–Kier alpha value is -4.33. The average molecular weight is 488 g/mol. The Morgan fingerprint density at radius 2 is 1.76 bits per heavy atom. The van der Waals surface area contributed by atoms with Crippen LogP contribution >= 0.6 is 0 Å². The van der Waals surface area contributed by atoms with E-state index in [4.69, 9.17) is 9.97 Å². The fourth-order valence-corrected chi connectivity index (χ4v) is 4.87. The maximum Gasteiger partial charge on any atom is 0.143 e. The largest absolute Gasteiger partial charge is 0.339 e. The van der Waals surface area contributed by atoms with Crippen LogP contribution in [0.3, 0.4) is 0 Å². The quantitative estimate of drug-likeness (QED) is 0.337. The summed E-state index contributed by atoms with van der Waals surface area (Å²) in [5, 5.41) is 5.55. The number of hydrogen-bond donors (Lipinski definition) is 3. The second kappa shape index (κ2) is 9.97. The SMILES string of the molecule is Cc1cccc(-c2[nH]c(CNCc3cccc(C)c3-c3ccccc3)nc2C2=CN3NCN=C3C=C2)n1. The lowest BCUT2D eigenvalue weighted by atomic mass is 9.95. The number of nitrogens with one attached hydrogen (secondary N) is 3. The van der Waals surface area contributed by atoms with Gasteiger partial charge in [-0.3, -0.25) is 9.99 Å². The standard InChI is InChI=1S/C30H29N7/c1-20-8-6-12-23(28(20)22-10-4-3-5-11-22)16-31-17-26-35-29(24-14-15-27-32-19-33-37(27)18-24)30(36-26)25-13-7-9-21(2)34-25/h3-15,18,31,33H,16-17,19H2,1-2H3,(H,35,36). The zero-order valence-electron chi connectivity index (χ0n) is 21.0. The molecule has 0 unspecified atom stereocenters. The number of H-pyrrole nitrogens is 1. The maximum atomic E-state index is 5.01. The lowest BCUT2D eigenvalue weighted by Gasteiger charge is -2.18. The summed E-state index contributed by atoms with van der Waals surface area (Å²) < 4.78 is 0. The van der Waals surface area contributed by atoms with Crippen LogP contribution in [0, 0.1) is 13.8 Å². The summed E-state index contributed by atoms with van der Waals surface area (Å²) in [6.45, 7) is 6.09. The van der Waals surface area contributed by atoms with E-state index in [9.17, 15) is 0 Å². The second-order valence-corrected chi connectivity index (χ2v) is 9.27. The molecule has 0 amide bonds. The third-order valence-corrected chi connectivity index (χ3v) is 6.61. The summed E-state index contributed by atoms with van der Waals surface area (Å²) in [7, 11) is 0. The van der Waals surface area contributed by atoms with Gasteiger partial charge in [0.1, 0.15) is 18.3 Å². The predicted molar refractivity (Wildman–Crippen MR) is 148 cm³/mol.